The molecule has 2 aliphatic carbocycles. The topological polar surface area (TPSA) is 111 Å². The van der Waals surface area contributed by atoms with Crippen molar-refractivity contribution >= 4 is 0 Å². The Morgan fingerprint density at radius 2 is 1.88 bits per heavy atom. The van der Waals surface area contributed by atoms with E-state index in [2.05, 4.69) is 5.32 Å². The van der Waals surface area contributed by atoms with E-state index in [4.69, 9.17) is 9.47 Å². The third-order valence-electron chi connectivity index (χ3n) is 6.52. The summed E-state index contributed by atoms with van der Waals surface area (Å²) in [5.74, 6) is 0.154. The highest BCUT2D eigenvalue weighted by Crippen LogP contribution is 2.61. The van der Waals surface area contributed by atoms with Gasteiger partial charge in [0, 0.05) is 500 Å². The van der Waals surface area contributed by atoms with Crippen LogP contribution in [0.5, 0.6) is 11.5 Å². The van der Waals surface area contributed by atoms with E-state index in [0.29, 0.717) is 35.4 Å². The summed E-state index contributed by atoms with van der Waals surface area (Å²) < 4.78 is 10.8. The minimum absolute atomic E-state index is 0. The Hall–Kier alpha value is -1.80. The molecule has 1 heterocycles. The first kappa shape index (κ1) is 17.6. The van der Waals surface area contributed by atoms with E-state index in [1.54, 1.807) is 12.1 Å². The van der Waals surface area contributed by atoms with Crippen molar-refractivity contribution in [2.45, 2.75) is 43.1 Å². The molecule has 1 aromatic rings. The number of piperidine rings is 1. The molecule has 2 bridgehead atoms. The van der Waals surface area contributed by atoms with E-state index < -0.39 is 29.8 Å². The molecule has 0 spiro atoms. The number of aliphatic hydroxyl groups is 3. The van der Waals surface area contributed by atoms with Crippen LogP contribution < -0.4 is 10.1 Å². The van der Waals surface area contributed by atoms with Gasteiger partial charge in [0.2, 0.25) is 0 Å². The first-order chi connectivity index (χ1) is 12.4. The number of methoxy groups -OCH3 is 2. The van der Waals surface area contributed by atoms with Gasteiger partial charge >= 0.3 is 0 Å². The number of rotatable bonds is 2. The Labute approximate surface area is 655 Å². The fraction of sp³-hybridized carbons (Fsp3) is 0.579. The van der Waals surface area contributed by atoms with Gasteiger partial charge < -0.3 is 35.2 Å². The Kier molecular flexibility index (Phi) is 3.96. The highest BCUT2D eigenvalue weighted by molar-refractivity contribution is 5.63. The van der Waals surface area contributed by atoms with Crippen LogP contribution in [-0.2, 0) is 10.2 Å². The van der Waals surface area contributed by atoms with E-state index in [1.165, 1.54) is 14.2 Å². The van der Waals surface area contributed by atoms with Gasteiger partial charge in [0.05, 0.1) is 32.5 Å². The highest BCUT2D eigenvalue weighted by Gasteiger charge is 2.61. The molecule has 0 unspecified atom stereocenters. The maximum absolute atomic E-state index is 11.0. The van der Waals surface area contributed by atoms with Crippen molar-refractivity contribution in [1.82, 2.24) is 5.32 Å². The predicted molar refractivity (Wildman–Crippen MR) is 810 cm³/mol. The lowest BCUT2D eigenvalue weighted by atomic mass is 9.51. The van der Waals surface area contributed by atoms with E-state index in [-0.39, 0.29) is 501 Å². The van der Waals surface area contributed by atoms with E-state index in [9.17, 15) is 20.4 Å². The molecule has 0 amide bonds. The minimum Gasteiger partial charge on any atom is -0.504 e. The number of phenols is 1. The maximum Gasteiger partial charge on any atom is 0.162 e. The van der Waals surface area contributed by atoms with Crippen LogP contribution in [0, 0.1) is 5.92 Å². The monoisotopic (exact) mass is 1050 g/mol. The highest BCUT2D eigenvalue weighted by atomic mass is 16.5. The number of hydrogen-bond donors (Lipinski definition) is 5. The molecular weight excluding hydrogens is 338 g/mol. The minimum atomic E-state index is -1.18. The van der Waals surface area contributed by atoms with Crippen molar-refractivity contribution in [3.05, 3.63) is 34.6 Å². The predicted octanol–water partition coefficient (Wildman–Crippen LogP) is 83.7. The Bertz CT molecular complexity index is 913. The number of ether oxygens (including phenoxy) is 2. The quantitative estimate of drug-likeness (QED) is 0.201. The molecule has 6 atom stereocenters. The van der Waals surface area contributed by atoms with Gasteiger partial charge in [-0.3, -0.25) is 0 Å². The lowest BCUT2D eigenvalue weighted by molar-refractivity contribution is -0.0660. The molecule has 820 valence electrons. The Morgan fingerprint density at radius 3 is 2.54 bits per heavy atom. The van der Waals surface area contributed by atoms with Crippen LogP contribution in [-0.4, -0.2) is 59.4 Å². The molecule has 7 nitrogen and oxygen atoms in total. The number of phenolic OH excluding ortho intramolecular Hbond substituents is 1. The fourth-order valence-electron chi connectivity index (χ4n) is 5.30. The molecule has 5 N–H and O–H groups in total. The van der Waals surface area contributed by atoms with E-state index in [1.807, 2.05) is 6.92 Å². The molecule has 0 aromatic heterocycles. The van der Waals surface area contributed by atoms with Crippen LogP contribution in [0.2, 0.25) is 0 Å². The number of hydrogen-bond acceptors (Lipinski definition) is 7. The van der Waals surface area contributed by atoms with Crippen molar-refractivity contribution in [3.8, 4) is 11.5 Å². The summed E-state index contributed by atoms with van der Waals surface area (Å²) in [7, 11) is 2.93. The molecule has 1 aromatic carbocycles. The molecule has 0 radical (unpaired) electrons. The van der Waals surface area contributed by atoms with Gasteiger partial charge in [0.25, 0.3) is 0 Å². The summed E-state index contributed by atoms with van der Waals surface area (Å²) in [4.78, 5) is 0. The zero-order valence-corrected chi connectivity index (χ0v) is 15.1. The van der Waals surface area contributed by atoms with Crippen LogP contribution >= 0.6 is 0 Å². The zero-order valence-electron chi connectivity index (χ0n) is 15.1. The third-order valence-corrected chi connectivity index (χ3v) is 6.52. The summed E-state index contributed by atoms with van der Waals surface area (Å²) in [5.41, 5.74) is 1.12. The van der Waals surface area contributed by atoms with Crippen LogP contribution in [0.25, 0.3) is 0 Å². The van der Waals surface area contributed by atoms with Gasteiger partial charge in [-0.25, -0.2) is 0 Å². The summed E-state index contributed by atoms with van der Waals surface area (Å²) in [6.45, 7) is 2.47. The molecular formula is C19H703NO6. The summed E-state index contributed by atoms with van der Waals surface area (Å²) in [6, 6.07) is 2.94. The van der Waals surface area contributed by atoms with Gasteiger partial charge in [-0.2, -0.15) is 0 Å². The molecule has 1 aliphatic heterocycles. The smallest absolute Gasteiger partial charge is 0.162 e. The average molecular weight is 1050 g/mol. The van der Waals surface area contributed by atoms with Gasteiger partial charge in [0.1, 0.15) is 11.9 Å². The molecule has 7 heteroatoms. The second-order valence-corrected chi connectivity index (χ2v) is 7.38. The largest absolute Gasteiger partial charge is 0.504 e. The number of aromatic hydroxyl groups is 1. The lowest BCUT2D eigenvalue weighted by Gasteiger charge is -2.58. The van der Waals surface area contributed by atoms with Gasteiger partial charge in [-0.15, -0.1) is 0 Å². The molecule has 0 saturated carbocycles. The van der Waals surface area contributed by atoms with Crippen molar-refractivity contribution in [1.29, 1.82) is 0 Å². The second-order valence-electron chi connectivity index (χ2n) is 7.38. The SMILES string of the molecule is COC1=C2[C@H]3NCC[C@@]2(c2c(ccc(OC)c2O)[C@H]3O)[C@H](C)[C@H](O)[C@@H]1O.[HH].[HH].[HH].[HH].[HH].[HH].[HH].[HH].[HH].[HH].[HH].[HH].[HH].[HH].[HH].[HH].[HH].[HH].[HH].[HH].[HH].[HH].[HH].[HH].[HH].[HH].[HH].[HH].[HH].[HH].[HH].[HH].[HH].[HH].[HH].[HH].[HH].[HH].[HH].[HH].[HH].[HH].[HH].[HH].[HH].[HH].[HH].[HH].[HH].[HH].[HH].[HH].[HH].[HH].[HH].[HH].[HH].[HH].[HH].[HH].[HH].[HH].[HH].[HH].[HH].[HH].[HH].[HH].[HH].[HH].[HH].[HH].[HH].[HH].[HH].[HH].[HH].[HH].[HH].[HH].[HH].[HH].[HH].[HH].[HH].[HH].[HH].[HH].[HH].[HH].[HH].[HH].[HH].[HH].[HH].[HH].[HH].[HH].[HH].[HH].[HH].[HH].[HH].[HH].[HH].[HH].[HH].[HH].[HH].[HH].[HH].[HH].[HH].[HH].[HH].[HH].[HH].[HH].[HH].[HH].[HH].[HH].[HH].[HH].[HH].[HH].[HH].[HH].[HH].[HH].[HH].[HH].[HH].[HH].[HH].[HH].[HH].[HH].[HH].[HH].[HH].[HH].[HH].[HH].[HH].[HH].[HH].[HH].[HH].[HH].[HH].[HH].[HH].[HH].[HH].[HH].[HH].[HH].[HH].[HH].[HH].[HH].[HH].[HH].[HH].[HH].[HH].[HH].[HH].[HH].[HH].[HH].[HH].[HH].[HH].[HH].[HH].[HH].[HH].[HH].[HH].[HH].[HH].[HH].[HH].[HH].[HH].[HH].[HH].[HH].[HH].[HH].[HH].[HH].[HH].[HH].[HH].[HH].[HH].[HH].[HH].[HH].[HH].[HH].[HH].[HH].[HH].[HH].[HH].[HH].[HH].[HH].[HH].[HH].[HH].[HH].[HH].[HH].[HH].[HH].[HH].[HH].[HH].[HH].[HH].[HH].[HH].[HH].[HH].[HH].[HH].[HH].[HH].[HH].[HH].[HH].[HH].[HH].[HH].[HH].[HH].[HH].[HH].[HH].[HH].[HH].[HH].[HH].[HH].[HH].[HH].[HH].[HH].[HH].[HH].[HH].[HH].[HH].[HH].[HH].[HH].[HH].[HH].[HH].[HH].[HH].[HH].[HH].[HH].[HH].[HH].[HH].[HH].[HH].[HH].[HH].[HH].[HH].[HH].[HH].[HH].[HH].[HH].[HH].[HH].[HH].[HH].[HH].[HH].[HH].[HH].[HH].[HH].[HH].[HH].[HH].[HH].[HH].[HH].[HH].[HH].[HH].[HH].[HH].[HH].[HH].[HH].[HH].[HH].[HH].[HH].[HH].[HH].[HH].[HH].[HH].[HH].[HH].[HH].[HH].[HH].[HH].[HH].[HH].[HH].[HH].[HH].[HH].[HH].[HH].[HH].[HH].[HH].[HH].[HH].[HH].[HH].[HH].[HH]. The number of nitrogens with one attached hydrogen (secondary N) is 1. The number of aliphatic hydroxyl groups excluding tert-OH is 3. The molecule has 1 fully saturated rings. The number of fused-ring (bicyclic) bond motifs is 1. The van der Waals surface area contributed by atoms with Crippen molar-refractivity contribution in [3.63, 3.8) is 0 Å². The first-order valence-electron chi connectivity index (χ1n) is 8.86. The Balaban J connectivity index is -0.0000000000743. The van der Waals surface area contributed by atoms with Crippen LogP contribution in [0.15, 0.2) is 23.5 Å². The fourth-order valence-corrected chi connectivity index (χ4v) is 5.30. The van der Waals surface area contributed by atoms with Crippen molar-refractivity contribution in [2.24, 2.45) is 5.92 Å². The summed E-state index contributed by atoms with van der Waals surface area (Å²) in [6.07, 6.45) is -2.55. The van der Waals surface area contributed by atoms with Crippen LogP contribution in [0.3, 0.4) is 0 Å². The van der Waals surface area contributed by atoms with Crippen LogP contribution in [0.4, 0.5) is 0 Å². The molecule has 4 rings (SSSR count). The molecule has 26 heavy (non-hydrogen) atoms. The zero-order chi connectivity index (χ0) is 18.8. The second kappa shape index (κ2) is 5.85. The van der Waals surface area contributed by atoms with Gasteiger partial charge in [-0.05, 0) is 30.5 Å². The van der Waals surface area contributed by atoms with Gasteiger partial charge in [0.15, 0.2) is 11.5 Å². The Morgan fingerprint density at radius 1 is 1.15 bits per heavy atom. The average Bonchev–Trinajstić information content (AvgIpc) is 2.64. The summed E-state index contributed by atoms with van der Waals surface area (Å²) >= 11 is 0. The van der Waals surface area contributed by atoms with Gasteiger partial charge in [-0.1, -0.05) is 13.0 Å². The first-order valence-corrected chi connectivity index (χ1v) is 8.86. The third kappa shape index (κ3) is 1.91. The standard InChI is InChI=1S/C19H25NO6.339H2/c1-8-14(21)17(24)18(26-3)12-13-15(22)9-4-5-10(25-2)16(23)11(9)19(8,12)6-7-20-13;;;;;;;;;;;;;;;;;;;;;;;;;;;;;;;;;;;;;;;;;;;;;;;;;;;;;;;;;;;;;;;;;;;;;;;;;;;;;;;;;;;;;;;;;;;;;;;;;;;;;;;;;;;;;;;;;;;;;;;;;;;;;;;;;;;;;;;;;;;;;;;;;;;;;;;;;;;;;;;;;;;;;;;;;;;;;;;;;;;;;;;;;;;;;;;;;;;;;;;;;;;;;;;;;;;;;;;;;;;;;;;;;;;;;;;;;;;;;;;;;;;;;;;;;;;;;;;;;;;;;;;;;;;;;;;;;;;;;;;;;;;;;;;;;;;;;;;;;;;;;;;;;;;;;;;;;;;;;;;;;;;;;;;;;;;;;;;;;;;/h4-5,8,13-15,17,20-24H,6-7H2,1-3H3;339*1H/t8-,13-,14+,15-,17+,19+;;;;;;;;;;;;;;;;;;;;;;;;;;;;;;;;;;;;;;;;;;;;;;;;;;;;;;;;;;;;;;;;;;;;;;;;;;;;;;;;;;;;;;;;;;;;;;;;;;;;;;;;;;;;;;;;;;;;;;;;;;;;;;;;;;;;;;;;;;;;;;;;;;;;;;;;;;;;;;;;;;;;;;;;;;;;;;;;;;;;;;;;;;;;;;;;;;;;;;;;;;;;;;;;;;;;;;;;;;;;;;;;;;;;;;;;;;;;;;;;;;;;;;;;;;;;;;;;;;;;;;;;;;;;;;;;;;;;;;;;;;;;;;;;;;;;;;;;;;;;;;;;;;;;;;;;;;;;;;;;;;;;;;;;;;;;;;;;;;;/m1.................................................................................................................................................................................................................................................................................................................................................../s1. The molecule has 3 aliphatic rings. The number of benzene rings is 1. The summed E-state index contributed by atoms with van der Waals surface area (Å²) in [5, 5.41) is 46.6. The van der Waals surface area contributed by atoms with E-state index >= 15 is 0 Å². The molecule has 1 saturated heterocycles. The maximum atomic E-state index is 11.0. The van der Waals surface area contributed by atoms with E-state index in [0.717, 1.165) is 0 Å². The van der Waals surface area contributed by atoms with Crippen LogP contribution in [0.1, 0.15) is 514 Å². The lowest BCUT2D eigenvalue weighted by Crippen LogP contribution is -2.63. The van der Waals surface area contributed by atoms with Crippen molar-refractivity contribution < 1.29 is 514 Å². The normalized spacial score (nSPS) is 38.5. The van der Waals surface area contributed by atoms with Crippen molar-refractivity contribution in [2.75, 3.05) is 20.8 Å².